The first-order chi connectivity index (χ1) is 5.52. The first-order valence-electron chi connectivity index (χ1n) is 3.18. The van der Waals surface area contributed by atoms with Crippen LogP contribution in [0.15, 0.2) is 16.6 Å². The summed E-state index contributed by atoms with van der Waals surface area (Å²) < 4.78 is 13.6. The Morgan fingerprint density at radius 3 is 2.58 bits per heavy atom. The molecule has 4 heteroatoms. The zero-order valence-electron chi connectivity index (χ0n) is 6.20. The molecule has 0 radical (unpaired) electrons. The smallest absolute Gasteiger partial charge is 0.255 e. The van der Waals surface area contributed by atoms with E-state index in [-0.39, 0.29) is 5.56 Å². The van der Waals surface area contributed by atoms with E-state index in [2.05, 4.69) is 15.9 Å². The lowest BCUT2D eigenvalue weighted by Crippen LogP contribution is -1.98. The third-order valence-electron chi connectivity index (χ3n) is 1.45. The van der Waals surface area contributed by atoms with Gasteiger partial charge in [-0.25, -0.2) is 4.39 Å². The van der Waals surface area contributed by atoms with Crippen molar-refractivity contribution in [3.05, 3.63) is 33.5 Å². The molecule has 1 nitrogen and oxygen atoms in total. The third-order valence-corrected chi connectivity index (χ3v) is 2.10. The van der Waals surface area contributed by atoms with Gasteiger partial charge in [0.25, 0.3) is 5.24 Å². The second kappa shape index (κ2) is 3.54. The summed E-state index contributed by atoms with van der Waals surface area (Å²) in [7, 11) is 0. The van der Waals surface area contributed by atoms with Crippen molar-refractivity contribution in [2.75, 3.05) is 0 Å². The maximum Gasteiger partial charge on any atom is 0.255 e. The van der Waals surface area contributed by atoms with E-state index in [1.54, 1.807) is 13.0 Å². The second-order valence-electron chi connectivity index (χ2n) is 2.35. The van der Waals surface area contributed by atoms with Crippen LogP contribution in [0.5, 0.6) is 0 Å². The highest BCUT2D eigenvalue weighted by atomic mass is 79.9. The van der Waals surface area contributed by atoms with Gasteiger partial charge in [0.2, 0.25) is 0 Å². The molecule has 0 saturated heterocycles. The summed E-state index contributed by atoms with van der Waals surface area (Å²) in [6.07, 6.45) is 0. The largest absolute Gasteiger partial charge is 0.275 e. The van der Waals surface area contributed by atoms with Crippen LogP contribution in [0, 0.1) is 12.7 Å². The van der Waals surface area contributed by atoms with Crippen LogP contribution in [-0.4, -0.2) is 5.24 Å². The van der Waals surface area contributed by atoms with Gasteiger partial charge in [-0.1, -0.05) is 15.9 Å². The Balaban J connectivity index is 3.38. The van der Waals surface area contributed by atoms with E-state index in [0.29, 0.717) is 10.0 Å². The van der Waals surface area contributed by atoms with E-state index in [9.17, 15) is 9.18 Å². The summed E-state index contributed by atoms with van der Waals surface area (Å²) in [5.74, 6) is -0.595. The number of aryl methyl sites for hydroxylation is 1. The topological polar surface area (TPSA) is 17.1 Å². The summed E-state index contributed by atoms with van der Waals surface area (Å²) in [6.45, 7) is 1.63. The lowest BCUT2D eigenvalue weighted by atomic mass is 10.1. The van der Waals surface area contributed by atoms with E-state index in [0.717, 1.165) is 0 Å². The summed E-state index contributed by atoms with van der Waals surface area (Å²) >= 11 is 8.27. The molecule has 0 aliphatic rings. The molecule has 0 heterocycles. The normalized spacial score (nSPS) is 10.0. The van der Waals surface area contributed by atoms with Gasteiger partial charge in [-0.15, -0.1) is 0 Å². The summed E-state index contributed by atoms with van der Waals surface area (Å²) in [5.41, 5.74) is 0.474. The fourth-order valence-electron chi connectivity index (χ4n) is 0.951. The lowest BCUT2D eigenvalue weighted by molar-refractivity contribution is 0.107. The predicted molar refractivity (Wildman–Crippen MR) is 49.0 cm³/mol. The molecule has 0 fully saturated rings. The molecule has 0 saturated carbocycles. The molecule has 0 unspecified atom stereocenters. The zero-order valence-corrected chi connectivity index (χ0v) is 8.54. The molecule has 0 aliphatic heterocycles. The van der Waals surface area contributed by atoms with E-state index in [4.69, 9.17) is 11.6 Å². The molecule has 0 spiro atoms. The van der Waals surface area contributed by atoms with Gasteiger partial charge < -0.3 is 0 Å². The van der Waals surface area contributed by atoms with Crippen molar-refractivity contribution in [3.63, 3.8) is 0 Å². The van der Waals surface area contributed by atoms with Gasteiger partial charge in [0.15, 0.2) is 0 Å². The monoisotopic (exact) mass is 250 g/mol. The number of hydrogen-bond donors (Lipinski definition) is 0. The van der Waals surface area contributed by atoms with Crippen LogP contribution < -0.4 is 0 Å². The molecular weight excluding hydrogens is 246 g/mol. The maximum absolute atomic E-state index is 13.0. The van der Waals surface area contributed by atoms with Crippen molar-refractivity contribution in [2.24, 2.45) is 0 Å². The Bertz CT molecular complexity index is 315. The summed E-state index contributed by atoms with van der Waals surface area (Å²) in [4.78, 5) is 10.7. The van der Waals surface area contributed by atoms with E-state index in [1.165, 1.54) is 6.07 Å². The van der Waals surface area contributed by atoms with Crippen LogP contribution >= 0.6 is 27.5 Å². The number of hydrogen-bond acceptors (Lipinski definition) is 1. The maximum atomic E-state index is 13.0. The molecule has 0 atom stereocenters. The number of carbonyl (C=O) groups excluding carboxylic acids is 1. The van der Waals surface area contributed by atoms with Gasteiger partial charge in [0, 0.05) is 4.47 Å². The van der Waals surface area contributed by atoms with Crippen LogP contribution in [0.4, 0.5) is 4.39 Å². The predicted octanol–water partition coefficient (Wildman–Crippen LogP) is 3.28. The van der Waals surface area contributed by atoms with Crippen LogP contribution in [0.25, 0.3) is 0 Å². The fraction of sp³-hybridized carbons (Fsp3) is 0.125. The number of carbonyl (C=O) groups is 1. The first kappa shape index (κ1) is 9.68. The Hall–Kier alpha value is -0.410. The van der Waals surface area contributed by atoms with Crippen molar-refractivity contribution < 1.29 is 9.18 Å². The van der Waals surface area contributed by atoms with Gasteiger partial charge in [-0.05, 0) is 36.2 Å². The van der Waals surface area contributed by atoms with Crippen molar-refractivity contribution in [1.82, 2.24) is 0 Å². The van der Waals surface area contributed by atoms with Crippen LogP contribution in [-0.2, 0) is 0 Å². The number of rotatable bonds is 1. The van der Waals surface area contributed by atoms with Crippen LogP contribution in [0.1, 0.15) is 15.9 Å². The van der Waals surface area contributed by atoms with Crippen LogP contribution in [0.2, 0.25) is 0 Å². The Kier molecular flexibility index (Phi) is 2.85. The second-order valence-corrected chi connectivity index (χ2v) is 3.61. The zero-order chi connectivity index (χ0) is 9.30. The summed E-state index contributed by atoms with van der Waals surface area (Å²) in [5, 5.41) is -0.766. The lowest BCUT2D eigenvalue weighted by Gasteiger charge is -2.02. The fourth-order valence-corrected chi connectivity index (χ4v) is 1.73. The van der Waals surface area contributed by atoms with Gasteiger partial charge >= 0.3 is 0 Å². The minimum Gasteiger partial charge on any atom is -0.275 e. The molecule has 64 valence electrons. The minimum absolute atomic E-state index is 0.0557. The van der Waals surface area contributed by atoms with Crippen molar-refractivity contribution in [2.45, 2.75) is 6.92 Å². The number of benzene rings is 1. The average Bonchev–Trinajstić information content (AvgIpc) is 1.82. The van der Waals surface area contributed by atoms with E-state index in [1.807, 2.05) is 0 Å². The van der Waals surface area contributed by atoms with Gasteiger partial charge in [-0.3, -0.25) is 4.79 Å². The average molecular weight is 251 g/mol. The minimum atomic E-state index is -0.766. The highest BCUT2D eigenvalue weighted by Gasteiger charge is 2.12. The summed E-state index contributed by atoms with van der Waals surface area (Å²) in [6, 6.07) is 2.85. The SMILES string of the molecule is Cc1cc(Br)cc(F)c1C(=O)Cl. The molecule has 0 aromatic heterocycles. The van der Waals surface area contributed by atoms with Crippen molar-refractivity contribution in [1.29, 1.82) is 0 Å². The number of halogens is 3. The molecule has 0 aliphatic carbocycles. The molecule has 12 heavy (non-hydrogen) atoms. The van der Waals surface area contributed by atoms with Crippen molar-refractivity contribution >= 4 is 32.8 Å². The molecule has 1 aromatic carbocycles. The van der Waals surface area contributed by atoms with Crippen molar-refractivity contribution in [3.8, 4) is 0 Å². The van der Waals surface area contributed by atoms with Gasteiger partial charge in [0.05, 0.1) is 5.56 Å². The van der Waals surface area contributed by atoms with Gasteiger partial charge in [0.1, 0.15) is 5.82 Å². The highest BCUT2D eigenvalue weighted by molar-refractivity contribution is 9.10. The first-order valence-corrected chi connectivity index (χ1v) is 4.35. The van der Waals surface area contributed by atoms with Gasteiger partial charge in [-0.2, -0.15) is 0 Å². The van der Waals surface area contributed by atoms with E-state index < -0.39 is 11.1 Å². The highest BCUT2D eigenvalue weighted by Crippen LogP contribution is 2.21. The molecule has 1 rings (SSSR count). The standard InChI is InChI=1S/C8H5BrClFO/c1-4-2-5(9)3-6(11)7(4)8(10)12/h2-3H,1H3. The molecule has 0 N–H and O–H groups in total. The Morgan fingerprint density at radius 2 is 2.17 bits per heavy atom. The van der Waals surface area contributed by atoms with Crippen LogP contribution in [0.3, 0.4) is 0 Å². The molecule has 0 amide bonds. The molecule has 1 aromatic rings. The van der Waals surface area contributed by atoms with E-state index >= 15 is 0 Å². The molecular formula is C8H5BrClFO. The Morgan fingerprint density at radius 1 is 1.58 bits per heavy atom. The Labute approximate surface area is 82.7 Å². The molecule has 0 bridgehead atoms. The quantitative estimate of drug-likeness (QED) is 0.700. The third kappa shape index (κ3) is 1.84.